The molecule has 6 N–H and O–H groups in total. The zero-order valence-electron chi connectivity index (χ0n) is 44.6. The Morgan fingerprint density at radius 2 is 1.44 bits per heavy atom. The molecule has 406 valence electrons. The minimum Gasteiger partial charge on any atom is -0.444 e. The summed E-state index contributed by atoms with van der Waals surface area (Å²) < 4.78 is 19.6. The topological polar surface area (TPSA) is 243 Å². The van der Waals surface area contributed by atoms with Crippen LogP contribution in [0.5, 0.6) is 0 Å². The van der Waals surface area contributed by atoms with Gasteiger partial charge in [-0.05, 0) is 124 Å². The highest BCUT2D eigenvalue weighted by Crippen LogP contribution is 2.39. The van der Waals surface area contributed by atoms with E-state index in [0.717, 1.165) is 16.0 Å². The summed E-state index contributed by atoms with van der Waals surface area (Å²) in [5.74, 6) is -1.54. The number of para-hydroxylation sites is 1. The lowest BCUT2D eigenvalue weighted by Gasteiger charge is -2.32. The maximum atomic E-state index is 15.2. The van der Waals surface area contributed by atoms with E-state index in [4.69, 9.17) is 26.0 Å². The number of nitrogens with one attached hydrogen (secondary N) is 6. The molecule has 22 heteroatoms. The fraction of sp³-hybridized carbons (Fsp3) is 0.509. The van der Waals surface area contributed by atoms with Gasteiger partial charge in [0.05, 0.1) is 29.3 Å². The van der Waals surface area contributed by atoms with Crippen molar-refractivity contribution in [3.05, 3.63) is 94.4 Å². The molecule has 2 aromatic carbocycles. The molecule has 5 amide bonds. The van der Waals surface area contributed by atoms with Gasteiger partial charge >= 0.3 is 18.3 Å². The van der Waals surface area contributed by atoms with Crippen LogP contribution in [0.1, 0.15) is 111 Å². The van der Waals surface area contributed by atoms with Crippen LogP contribution in [0.3, 0.4) is 0 Å². The number of fused-ring (bicyclic) bond motifs is 2. The molecular formula is C53H72ClN11O9S. The van der Waals surface area contributed by atoms with Crippen molar-refractivity contribution in [3.63, 3.8) is 0 Å². The third kappa shape index (κ3) is 17.0. The van der Waals surface area contributed by atoms with Crippen LogP contribution < -0.4 is 26.6 Å². The number of nitrogens with zero attached hydrogens (tertiary/aromatic N) is 5. The van der Waals surface area contributed by atoms with Crippen LogP contribution in [0.4, 0.5) is 14.4 Å². The largest absolute Gasteiger partial charge is 0.444 e. The maximum absolute atomic E-state index is 15.2. The molecule has 2 aliphatic rings. The van der Waals surface area contributed by atoms with Crippen LogP contribution in [-0.2, 0) is 41.6 Å². The molecule has 3 atom stereocenters. The number of carbonyl (C=O) groups excluding carboxylic acids is 6. The number of ether oxygens (including phenoxy) is 3. The zero-order valence-corrected chi connectivity index (χ0v) is 46.1. The summed E-state index contributed by atoms with van der Waals surface area (Å²) in [6, 6.07) is 11.7. The summed E-state index contributed by atoms with van der Waals surface area (Å²) in [5, 5.41) is 27.4. The molecule has 0 bridgehead atoms. The van der Waals surface area contributed by atoms with Gasteiger partial charge in [-0.2, -0.15) is 15.4 Å². The smallest absolute Gasteiger partial charge is 0.419 e. The summed E-state index contributed by atoms with van der Waals surface area (Å²) in [4.78, 5) is 86.0. The number of unbranched alkanes of at least 4 members (excludes halogenated alkanes) is 1. The molecule has 0 radical (unpaired) electrons. The van der Waals surface area contributed by atoms with E-state index in [-0.39, 0.29) is 52.0 Å². The van der Waals surface area contributed by atoms with Crippen molar-refractivity contribution in [1.82, 2.24) is 55.9 Å². The average molecular weight is 1070 g/mol. The summed E-state index contributed by atoms with van der Waals surface area (Å²) in [5.41, 5.74) is 1.73. The fourth-order valence-corrected chi connectivity index (χ4v) is 9.76. The zero-order chi connectivity index (χ0) is 54.7. The van der Waals surface area contributed by atoms with Gasteiger partial charge in [-0.3, -0.25) is 23.4 Å². The maximum Gasteiger partial charge on any atom is 0.419 e. The van der Waals surface area contributed by atoms with E-state index in [1.54, 1.807) is 91.3 Å². The molecule has 2 aliphatic heterocycles. The number of thioether (sulfide) groups is 1. The first-order valence-corrected chi connectivity index (χ1v) is 26.3. The molecule has 0 fully saturated rings. The molecule has 0 saturated heterocycles. The van der Waals surface area contributed by atoms with E-state index < -0.39 is 70.9 Å². The average Bonchev–Trinajstić information content (AvgIpc) is 4.00. The molecule has 6 rings (SSSR count). The summed E-state index contributed by atoms with van der Waals surface area (Å²) in [7, 11) is 1.52. The third-order valence-electron chi connectivity index (χ3n) is 11.8. The lowest BCUT2D eigenvalue weighted by atomic mass is 10.0. The number of hydrogen-bond donors (Lipinski definition) is 6. The summed E-state index contributed by atoms with van der Waals surface area (Å²) in [6.45, 7) is 16.9. The molecule has 20 nitrogen and oxygen atoms in total. The number of aromatic nitrogens is 4. The molecular weight excluding hydrogens is 1000 g/mol. The third-order valence-corrected chi connectivity index (χ3v) is 13.5. The Morgan fingerprint density at radius 3 is 2.11 bits per heavy atom. The minimum absolute atomic E-state index is 0.0193. The number of likely N-dealkylation sites (N-methyl/N-ethyl adjacent to an activating group) is 1. The van der Waals surface area contributed by atoms with Crippen molar-refractivity contribution >= 4 is 76.0 Å². The second-order valence-corrected chi connectivity index (χ2v) is 22.9. The van der Waals surface area contributed by atoms with Gasteiger partial charge in [-0.25, -0.2) is 14.4 Å². The Morgan fingerprint density at radius 1 is 0.800 bits per heavy atom. The van der Waals surface area contributed by atoms with Crippen molar-refractivity contribution < 1.29 is 43.0 Å². The summed E-state index contributed by atoms with van der Waals surface area (Å²) in [6.07, 6.45) is 4.89. The van der Waals surface area contributed by atoms with E-state index >= 15 is 9.59 Å². The normalized spacial score (nSPS) is 18.5. The molecule has 0 spiro atoms. The predicted molar refractivity (Wildman–Crippen MR) is 287 cm³/mol. The van der Waals surface area contributed by atoms with Crippen LogP contribution in [0.2, 0.25) is 0 Å². The van der Waals surface area contributed by atoms with Gasteiger partial charge in [0, 0.05) is 79.0 Å². The first-order valence-electron chi connectivity index (χ1n) is 25.2. The van der Waals surface area contributed by atoms with Gasteiger partial charge < -0.3 is 45.7 Å². The highest BCUT2D eigenvalue weighted by atomic mass is 35.5. The summed E-state index contributed by atoms with van der Waals surface area (Å²) >= 11 is 8.53. The van der Waals surface area contributed by atoms with Crippen LogP contribution in [-0.4, -0.2) is 133 Å². The number of alkyl carbamates (subject to hydrolysis) is 2. The van der Waals surface area contributed by atoms with Crippen molar-refractivity contribution in [1.29, 1.82) is 0 Å². The Hall–Kier alpha value is -6.58. The second-order valence-electron chi connectivity index (χ2n) is 21.5. The quantitative estimate of drug-likeness (QED) is 0.0456. The highest BCUT2D eigenvalue weighted by Gasteiger charge is 2.36. The number of H-pyrrole nitrogens is 1. The molecule has 4 aromatic rings. The van der Waals surface area contributed by atoms with Crippen LogP contribution in [0, 0.1) is 0 Å². The highest BCUT2D eigenvalue weighted by molar-refractivity contribution is 8.03. The van der Waals surface area contributed by atoms with Gasteiger partial charge in [0.2, 0.25) is 17.7 Å². The number of benzene rings is 2. The standard InChI is InChI=1S/C53H72ClN11O9S/c1-51(2,3)72-48(69)55-24-16-15-20-39-46(68)63(10)42(27-35-31-64(50(71)74-53(7,8)9)41-22-13-12-19-37(35)41)45(67)58-29-34-26-36(40-30-59-62-61-40)32-65(54)47(34)75-43-23-14-11-18-33(43)28-57-38(44(66)60-39)21-17-25-56-49(70)73-52(4,5)6/h11-14,18-19,22-23,26,30-31,38-39,42,57H,15-17,20-21,24-25,27-29,32H2,1-10H3,(H,55,69)(H,56,70)(H,58,67)(H,60,66)(H,59,61,62)/t38-,39-,42-/m0/s1. The van der Waals surface area contributed by atoms with E-state index in [9.17, 15) is 19.2 Å². The van der Waals surface area contributed by atoms with Crippen molar-refractivity contribution in [2.75, 3.05) is 33.2 Å². The van der Waals surface area contributed by atoms with E-state index in [2.05, 4.69) is 42.0 Å². The number of hydrogen-bond acceptors (Lipinski definition) is 14. The Balaban J connectivity index is 1.41. The SMILES string of the molecule is CN1C(=O)[C@H](CCCCNC(=O)OC(C)(C)C)NC(=O)[C@H](CCCNC(=O)OC(C)(C)C)NCc2ccccc2SC2=C(C=C(c3cn[nH]n3)CN2Cl)CNC(=O)[C@@H]1Cc1cn(C(=O)OC(C)(C)C)c2ccccc12. The number of amides is 5. The molecule has 2 aromatic heterocycles. The molecule has 0 aliphatic carbocycles. The van der Waals surface area contributed by atoms with Gasteiger partial charge in [0.1, 0.15) is 34.6 Å². The molecule has 0 unspecified atom stereocenters. The van der Waals surface area contributed by atoms with Crippen LogP contribution in [0.25, 0.3) is 16.5 Å². The lowest BCUT2D eigenvalue weighted by Crippen LogP contribution is -2.57. The van der Waals surface area contributed by atoms with Crippen LogP contribution in [0.15, 0.2) is 82.5 Å². The number of aromatic amines is 1. The van der Waals surface area contributed by atoms with E-state index in [1.807, 2.05) is 42.5 Å². The molecule has 4 heterocycles. The Labute approximate surface area is 447 Å². The van der Waals surface area contributed by atoms with Crippen molar-refractivity contribution in [3.8, 4) is 0 Å². The second kappa shape index (κ2) is 25.3. The van der Waals surface area contributed by atoms with E-state index in [0.29, 0.717) is 52.0 Å². The van der Waals surface area contributed by atoms with Crippen LogP contribution >= 0.6 is 23.5 Å². The Bertz CT molecular complexity index is 2740. The predicted octanol–water partition coefficient (Wildman–Crippen LogP) is 7.54. The first kappa shape index (κ1) is 57.7. The monoisotopic (exact) mass is 1070 g/mol. The molecule has 0 saturated carbocycles. The van der Waals surface area contributed by atoms with Crippen molar-refractivity contribution in [2.45, 2.75) is 147 Å². The number of halogens is 1. The van der Waals surface area contributed by atoms with Gasteiger partial charge in [-0.1, -0.05) is 48.2 Å². The number of carbonyl (C=O) groups is 6. The van der Waals surface area contributed by atoms with Gasteiger partial charge in [0.15, 0.2) is 0 Å². The first-order chi connectivity index (χ1) is 35.4. The van der Waals surface area contributed by atoms with Crippen molar-refractivity contribution in [2.24, 2.45) is 0 Å². The molecule has 75 heavy (non-hydrogen) atoms. The Kier molecular flexibility index (Phi) is 19.5. The minimum atomic E-state index is -1.20. The van der Waals surface area contributed by atoms with Gasteiger partial charge in [0.25, 0.3) is 0 Å². The fourth-order valence-electron chi connectivity index (χ4n) is 8.37. The van der Waals surface area contributed by atoms with Gasteiger partial charge in [-0.15, -0.1) is 0 Å². The number of rotatable bonds is 12. The lowest BCUT2D eigenvalue weighted by molar-refractivity contribution is -0.142. The van der Waals surface area contributed by atoms with E-state index in [1.165, 1.54) is 28.3 Å².